The van der Waals surface area contributed by atoms with Crippen molar-refractivity contribution < 1.29 is 9.21 Å². The number of furan rings is 1. The fraction of sp³-hybridized carbons (Fsp3) is 0.444. The smallest absolute Gasteiger partial charge is 0.203 e. The van der Waals surface area contributed by atoms with E-state index in [1.165, 1.54) is 6.26 Å². The lowest BCUT2D eigenvalue weighted by molar-refractivity contribution is 0.0828. The van der Waals surface area contributed by atoms with E-state index in [0.29, 0.717) is 5.76 Å². The van der Waals surface area contributed by atoms with Crippen LogP contribution in [-0.2, 0) is 0 Å². The monoisotopic (exact) mass is 230 g/mol. The van der Waals surface area contributed by atoms with Crippen molar-refractivity contribution in [3.05, 3.63) is 22.6 Å². The van der Waals surface area contributed by atoms with Crippen LogP contribution < -0.4 is 0 Å². The van der Waals surface area contributed by atoms with Crippen molar-refractivity contribution in [1.29, 1.82) is 0 Å². The number of hydrogen-bond acceptors (Lipinski definition) is 2. The third-order valence-corrected chi connectivity index (χ3v) is 1.89. The number of ketones is 1. The topological polar surface area (TPSA) is 30.2 Å². The minimum atomic E-state index is -0.378. The van der Waals surface area contributed by atoms with Gasteiger partial charge in [-0.3, -0.25) is 4.79 Å². The van der Waals surface area contributed by atoms with Crippen molar-refractivity contribution in [2.45, 2.75) is 20.8 Å². The Labute approximate surface area is 80.1 Å². The normalized spacial score (nSPS) is 11.7. The molecule has 0 radical (unpaired) electrons. The van der Waals surface area contributed by atoms with Crippen LogP contribution in [0.25, 0.3) is 0 Å². The first kappa shape index (κ1) is 9.52. The number of carbonyl (C=O) groups is 1. The van der Waals surface area contributed by atoms with Crippen LogP contribution >= 0.6 is 15.9 Å². The summed E-state index contributed by atoms with van der Waals surface area (Å²) in [6.07, 6.45) is 1.51. The quantitative estimate of drug-likeness (QED) is 0.694. The molecule has 0 fully saturated rings. The first-order valence-electron chi connectivity index (χ1n) is 3.70. The molecule has 1 aromatic heterocycles. The van der Waals surface area contributed by atoms with E-state index in [-0.39, 0.29) is 11.2 Å². The first-order chi connectivity index (χ1) is 5.41. The van der Waals surface area contributed by atoms with E-state index >= 15 is 0 Å². The van der Waals surface area contributed by atoms with E-state index in [0.717, 1.165) is 4.47 Å². The molecule has 0 aliphatic heterocycles. The van der Waals surface area contributed by atoms with Gasteiger partial charge in [-0.05, 0) is 15.9 Å². The van der Waals surface area contributed by atoms with Crippen LogP contribution in [0.1, 0.15) is 31.3 Å². The fourth-order valence-electron chi connectivity index (χ4n) is 0.802. The molecule has 0 saturated carbocycles. The Hall–Kier alpha value is -0.570. The molecule has 1 aromatic rings. The van der Waals surface area contributed by atoms with Crippen molar-refractivity contribution in [2.75, 3.05) is 0 Å². The highest BCUT2D eigenvalue weighted by Gasteiger charge is 2.25. The molecule has 0 N–H and O–H groups in total. The molecular weight excluding hydrogens is 220 g/mol. The molecule has 0 aliphatic carbocycles. The predicted octanol–water partition coefficient (Wildman–Crippen LogP) is 3.27. The Morgan fingerprint density at radius 3 is 2.42 bits per heavy atom. The molecule has 0 aliphatic rings. The molecule has 0 saturated heterocycles. The van der Waals surface area contributed by atoms with Gasteiger partial charge in [0.2, 0.25) is 5.78 Å². The van der Waals surface area contributed by atoms with Gasteiger partial charge in [0.1, 0.15) is 6.26 Å². The largest absolute Gasteiger partial charge is 0.460 e. The van der Waals surface area contributed by atoms with Crippen molar-refractivity contribution >= 4 is 21.7 Å². The van der Waals surface area contributed by atoms with Crippen LogP contribution in [0.5, 0.6) is 0 Å². The van der Waals surface area contributed by atoms with Gasteiger partial charge in [-0.15, -0.1) is 0 Å². The number of rotatable bonds is 1. The molecule has 1 rings (SSSR count). The van der Waals surface area contributed by atoms with E-state index in [9.17, 15) is 4.79 Å². The van der Waals surface area contributed by atoms with Crippen molar-refractivity contribution in [2.24, 2.45) is 5.41 Å². The van der Waals surface area contributed by atoms with Gasteiger partial charge in [0, 0.05) is 11.5 Å². The summed E-state index contributed by atoms with van der Waals surface area (Å²) < 4.78 is 5.86. The van der Waals surface area contributed by atoms with Gasteiger partial charge < -0.3 is 4.42 Å². The van der Waals surface area contributed by atoms with Crippen molar-refractivity contribution in [3.63, 3.8) is 0 Å². The lowest BCUT2D eigenvalue weighted by Gasteiger charge is -2.13. The molecule has 2 nitrogen and oxygen atoms in total. The highest BCUT2D eigenvalue weighted by atomic mass is 79.9. The van der Waals surface area contributed by atoms with Gasteiger partial charge in [-0.1, -0.05) is 20.8 Å². The molecule has 66 valence electrons. The molecule has 0 bridgehead atoms. The van der Waals surface area contributed by atoms with Crippen molar-refractivity contribution in [1.82, 2.24) is 0 Å². The second-order valence-electron chi connectivity index (χ2n) is 3.71. The van der Waals surface area contributed by atoms with Gasteiger partial charge in [-0.2, -0.15) is 0 Å². The Kier molecular flexibility index (Phi) is 2.42. The molecule has 12 heavy (non-hydrogen) atoms. The van der Waals surface area contributed by atoms with E-state index in [1.54, 1.807) is 6.07 Å². The summed E-state index contributed by atoms with van der Waals surface area (Å²) in [7, 11) is 0. The molecule has 0 spiro atoms. The molecule has 0 aromatic carbocycles. The number of Topliss-reactive ketones (excluding diaryl/α,β-unsaturated/α-hetero) is 1. The van der Waals surface area contributed by atoms with E-state index < -0.39 is 0 Å². The standard InChI is InChI=1S/C9H11BrO2/c1-9(2,3)8(11)7-4-6(10)5-12-7/h4-5H,1-3H3. The van der Waals surface area contributed by atoms with Gasteiger partial charge in [0.15, 0.2) is 5.76 Å². The summed E-state index contributed by atoms with van der Waals surface area (Å²) in [5.41, 5.74) is -0.378. The minimum absolute atomic E-state index is 0.0215. The van der Waals surface area contributed by atoms with Gasteiger partial charge in [-0.25, -0.2) is 0 Å². The van der Waals surface area contributed by atoms with Crippen LogP contribution in [0.2, 0.25) is 0 Å². The minimum Gasteiger partial charge on any atom is -0.460 e. The lowest BCUT2D eigenvalue weighted by Crippen LogP contribution is -2.19. The molecule has 0 amide bonds. The summed E-state index contributed by atoms with van der Waals surface area (Å²) in [5, 5.41) is 0. The summed E-state index contributed by atoms with van der Waals surface area (Å²) in [5.74, 6) is 0.433. The molecule has 0 atom stereocenters. The lowest BCUT2D eigenvalue weighted by atomic mass is 9.89. The van der Waals surface area contributed by atoms with Crippen molar-refractivity contribution in [3.8, 4) is 0 Å². The molecule has 0 unspecified atom stereocenters. The number of carbonyl (C=O) groups excluding carboxylic acids is 1. The maximum atomic E-state index is 11.6. The highest BCUT2D eigenvalue weighted by Crippen LogP contribution is 2.23. The maximum Gasteiger partial charge on any atom is 0.203 e. The maximum absolute atomic E-state index is 11.6. The third kappa shape index (κ3) is 1.97. The Morgan fingerprint density at radius 2 is 2.08 bits per heavy atom. The second kappa shape index (κ2) is 3.05. The first-order valence-corrected chi connectivity index (χ1v) is 4.49. The van der Waals surface area contributed by atoms with Crippen LogP contribution in [0.15, 0.2) is 21.2 Å². The zero-order valence-electron chi connectivity index (χ0n) is 7.35. The average molecular weight is 231 g/mol. The molecular formula is C9H11BrO2. The Balaban J connectivity index is 2.93. The summed E-state index contributed by atoms with van der Waals surface area (Å²) in [6.45, 7) is 5.60. The summed E-state index contributed by atoms with van der Waals surface area (Å²) >= 11 is 3.22. The number of hydrogen-bond donors (Lipinski definition) is 0. The van der Waals surface area contributed by atoms with Gasteiger partial charge in [0.25, 0.3) is 0 Å². The Morgan fingerprint density at radius 1 is 1.50 bits per heavy atom. The molecule has 3 heteroatoms. The highest BCUT2D eigenvalue weighted by molar-refractivity contribution is 9.10. The van der Waals surface area contributed by atoms with E-state index in [1.807, 2.05) is 20.8 Å². The van der Waals surface area contributed by atoms with Crippen LogP contribution in [0, 0.1) is 5.41 Å². The average Bonchev–Trinajstić information content (AvgIpc) is 2.32. The molecule has 1 heterocycles. The predicted molar refractivity (Wildman–Crippen MR) is 50.2 cm³/mol. The van der Waals surface area contributed by atoms with Gasteiger partial charge >= 0.3 is 0 Å². The zero-order chi connectivity index (χ0) is 9.35. The fourth-order valence-corrected chi connectivity index (χ4v) is 1.10. The second-order valence-corrected chi connectivity index (χ2v) is 4.62. The summed E-state index contributed by atoms with van der Waals surface area (Å²) in [4.78, 5) is 11.6. The zero-order valence-corrected chi connectivity index (χ0v) is 8.94. The van der Waals surface area contributed by atoms with E-state index in [4.69, 9.17) is 4.42 Å². The van der Waals surface area contributed by atoms with Crippen LogP contribution in [0.4, 0.5) is 0 Å². The number of halogens is 1. The van der Waals surface area contributed by atoms with Crippen LogP contribution in [0.3, 0.4) is 0 Å². The summed E-state index contributed by atoms with van der Waals surface area (Å²) in [6, 6.07) is 1.69. The third-order valence-electron chi connectivity index (χ3n) is 1.47. The van der Waals surface area contributed by atoms with Gasteiger partial charge in [0.05, 0.1) is 4.47 Å². The van der Waals surface area contributed by atoms with E-state index in [2.05, 4.69) is 15.9 Å². The Bertz CT molecular complexity index is 294. The SMILES string of the molecule is CC(C)(C)C(=O)c1cc(Br)co1. The van der Waals surface area contributed by atoms with Crippen LogP contribution in [-0.4, -0.2) is 5.78 Å².